The number of hydrogen-bond acceptors (Lipinski definition) is 4. The average molecular weight is 443 g/mol. The smallest absolute Gasteiger partial charge is 0.244 e. The molecule has 7 heteroatoms. The molecule has 0 aliphatic heterocycles. The van der Waals surface area contributed by atoms with Crippen molar-refractivity contribution < 1.29 is 14.0 Å². The molecule has 166 valence electrons. The van der Waals surface area contributed by atoms with E-state index < -0.39 is 17.0 Å². The number of fused-ring (bicyclic) bond motifs is 1. The fourth-order valence-corrected chi connectivity index (χ4v) is 3.63. The molecule has 1 amide bonds. The first-order chi connectivity index (χ1) is 15.7. The predicted molar refractivity (Wildman–Crippen MR) is 125 cm³/mol. The standard InChI is InChI=1S/C26H22FN3O3/c1-15-5-4-6-22(17(15)3)29-23(31)14-30-13-21(24(32)18-8-10-19(27)11-9-18)25(33)20-12-7-16(2)28-26(20)30/h4-13H,14H2,1-3H3,(H,29,31). The van der Waals surface area contributed by atoms with Crippen molar-refractivity contribution in [1.82, 2.24) is 9.55 Å². The Kier molecular flexibility index (Phi) is 5.87. The summed E-state index contributed by atoms with van der Waals surface area (Å²) >= 11 is 0. The van der Waals surface area contributed by atoms with Crippen molar-refractivity contribution in [3.63, 3.8) is 0 Å². The molecular weight excluding hydrogens is 421 g/mol. The summed E-state index contributed by atoms with van der Waals surface area (Å²) in [7, 11) is 0. The Bertz CT molecular complexity index is 1460. The fraction of sp³-hybridized carbons (Fsp3) is 0.154. The first-order valence-corrected chi connectivity index (χ1v) is 10.4. The highest BCUT2D eigenvalue weighted by Gasteiger charge is 2.19. The molecule has 0 bridgehead atoms. The minimum Gasteiger partial charge on any atom is -0.324 e. The van der Waals surface area contributed by atoms with E-state index in [0.29, 0.717) is 17.0 Å². The Balaban J connectivity index is 1.77. The summed E-state index contributed by atoms with van der Waals surface area (Å²) in [5.41, 5.74) is 3.26. The minimum atomic E-state index is -0.550. The van der Waals surface area contributed by atoms with Crippen LogP contribution in [0.4, 0.5) is 10.1 Å². The van der Waals surface area contributed by atoms with Crippen LogP contribution in [0, 0.1) is 26.6 Å². The second kappa shape index (κ2) is 8.78. The molecule has 0 saturated carbocycles. The van der Waals surface area contributed by atoms with Crippen molar-refractivity contribution in [2.45, 2.75) is 27.3 Å². The van der Waals surface area contributed by atoms with Gasteiger partial charge in [0.05, 0.1) is 10.9 Å². The van der Waals surface area contributed by atoms with Gasteiger partial charge in [-0.15, -0.1) is 0 Å². The topological polar surface area (TPSA) is 81.1 Å². The lowest BCUT2D eigenvalue weighted by molar-refractivity contribution is -0.116. The number of aromatic nitrogens is 2. The second-order valence-corrected chi connectivity index (χ2v) is 7.96. The summed E-state index contributed by atoms with van der Waals surface area (Å²) in [6.07, 6.45) is 1.35. The monoisotopic (exact) mass is 443 g/mol. The SMILES string of the molecule is Cc1ccc2c(=O)c(C(=O)c3ccc(F)cc3)cn(CC(=O)Nc3cccc(C)c3C)c2n1. The number of carbonyl (C=O) groups is 2. The highest BCUT2D eigenvalue weighted by Crippen LogP contribution is 2.19. The maximum absolute atomic E-state index is 13.3. The molecule has 2 aromatic heterocycles. The van der Waals surface area contributed by atoms with Gasteiger partial charge in [0.15, 0.2) is 5.78 Å². The van der Waals surface area contributed by atoms with Gasteiger partial charge in [-0.2, -0.15) is 0 Å². The van der Waals surface area contributed by atoms with E-state index in [2.05, 4.69) is 10.3 Å². The zero-order valence-electron chi connectivity index (χ0n) is 18.5. The summed E-state index contributed by atoms with van der Waals surface area (Å²) in [6.45, 7) is 5.51. The van der Waals surface area contributed by atoms with Gasteiger partial charge in [0.25, 0.3) is 0 Å². The summed E-state index contributed by atoms with van der Waals surface area (Å²) in [4.78, 5) is 43.4. The molecule has 4 aromatic rings. The summed E-state index contributed by atoms with van der Waals surface area (Å²) < 4.78 is 14.8. The van der Waals surface area contributed by atoms with Gasteiger partial charge in [0.2, 0.25) is 11.3 Å². The van der Waals surface area contributed by atoms with Gasteiger partial charge in [-0.3, -0.25) is 14.4 Å². The number of anilines is 1. The number of rotatable bonds is 5. The Hall–Kier alpha value is -4.13. The zero-order chi connectivity index (χ0) is 23.7. The van der Waals surface area contributed by atoms with Crippen molar-refractivity contribution >= 4 is 28.4 Å². The maximum atomic E-state index is 13.3. The van der Waals surface area contributed by atoms with Gasteiger partial charge in [-0.1, -0.05) is 12.1 Å². The van der Waals surface area contributed by atoms with E-state index in [0.717, 1.165) is 23.3 Å². The van der Waals surface area contributed by atoms with Crippen LogP contribution in [-0.2, 0) is 11.3 Å². The second-order valence-electron chi connectivity index (χ2n) is 7.96. The maximum Gasteiger partial charge on any atom is 0.244 e. The third-order valence-corrected chi connectivity index (χ3v) is 5.60. The van der Waals surface area contributed by atoms with Crippen LogP contribution in [0.25, 0.3) is 11.0 Å². The fourth-order valence-electron chi connectivity index (χ4n) is 3.63. The molecule has 0 spiro atoms. The van der Waals surface area contributed by atoms with E-state index in [1.807, 2.05) is 32.0 Å². The average Bonchev–Trinajstić information content (AvgIpc) is 2.79. The number of nitrogens with one attached hydrogen (secondary N) is 1. The van der Waals surface area contributed by atoms with Crippen molar-refractivity contribution in [2.75, 3.05) is 5.32 Å². The molecule has 1 N–H and O–H groups in total. The molecule has 2 aromatic carbocycles. The van der Waals surface area contributed by atoms with Crippen LogP contribution < -0.4 is 10.7 Å². The van der Waals surface area contributed by atoms with Crippen LogP contribution in [0.3, 0.4) is 0 Å². The number of halogens is 1. The van der Waals surface area contributed by atoms with Gasteiger partial charge in [-0.05, 0) is 74.4 Å². The predicted octanol–water partition coefficient (Wildman–Crippen LogP) is 4.33. The molecule has 4 rings (SSSR count). The number of aryl methyl sites for hydroxylation is 2. The third-order valence-electron chi connectivity index (χ3n) is 5.60. The number of ketones is 1. The Labute approximate surface area is 189 Å². The van der Waals surface area contributed by atoms with Crippen LogP contribution in [0.5, 0.6) is 0 Å². The number of benzene rings is 2. The van der Waals surface area contributed by atoms with E-state index >= 15 is 0 Å². The Morgan fingerprint density at radius 2 is 1.73 bits per heavy atom. The normalized spacial score (nSPS) is 10.9. The number of amides is 1. The Morgan fingerprint density at radius 1 is 1.00 bits per heavy atom. The lowest BCUT2D eigenvalue weighted by Crippen LogP contribution is -2.25. The highest BCUT2D eigenvalue weighted by atomic mass is 19.1. The first kappa shape index (κ1) is 22.1. The lowest BCUT2D eigenvalue weighted by atomic mass is 10.0. The molecule has 0 saturated heterocycles. The molecule has 2 heterocycles. The minimum absolute atomic E-state index is 0.112. The van der Waals surface area contributed by atoms with E-state index in [1.165, 1.54) is 22.9 Å². The number of pyridine rings is 2. The van der Waals surface area contributed by atoms with Gasteiger partial charge < -0.3 is 9.88 Å². The molecule has 0 aliphatic carbocycles. The van der Waals surface area contributed by atoms with Crippen LogP contribution >= 0.6 is 0 Å². The van der Waals surface area contributed by atoms with Gasteiger partial charge in [-0.25, -0.2) is 9.37 Å². The summed E-state index contributed by atoms with van der Waals surface area (Å²) in [6, 6.07) is 13.9. The molecule has 0 radical (unpaired) electrons. The largest absolute Gasteiger partial charge is 0.324 e. The van der Waals surface area contributed by atoms with Crippen molar-refractivity contribution in [1.29, 1.82) is 0 Å². The first-order valence-electron chi connectivity index (χ1n) is 10.4. The van der Waals surface area contributed by atoms with E-state index in [1.54, 1.807) is 19.1 Å². The summed E-state index contributed by atoms with van der Waals surface area (Å²) in [5.74, 6) is -1.35. The Morgan fingerprint density at radius 3 is 2.45 bits per heavy atom. The quantitative estimate of drug-likeness (QED) is 0.466. The van der Waals surface area contributed by atoms with Crippen LogP contribution in [0.15, 0.2) is 65.6 Å². The highest BCUT2D eigenvalue weighted by molar-refractivity contribution is 6.10. The third kappa shape index (κ3) is 4.43. The van der Waals surface area contributed by atoms with Crippen molar-refractivity contribution in [3.8, 4) is 0 Å². The van der Waals surface area contributed by atoms with E-state index in [4.69, 9.17) is 0 Å². The van der Waals surface area contributed by atoms with Gasteiger partial charge >= 0.3 is 0 Å². The van der Waals surface area contributed by atoms with Crippen LogP contribution in [0.1, 0.15) is 32.7 Å². The van der Waals surface area contributed by atoms with Crippen molar-refractivity contribution in [2.24, 2.45) is 0 Å². The molecule has 6 nitrogen and oxygen atoms in total. The lowest BCUT2D eigenvalue weighted by Gasteiger charge is -2.14. The van der Waals surface area contributed by atoms with E-state index in [9.17, 15) is 18.8 Å². The molecule has 0 aliphatic rings. The summed E-state index contributed by atoms with van der Waals surface area (Å²) in [5, 5.41) is 3.12. The van der Waals surface area contributed by atoms with Crippen molar-refractivity contribution in [3.05, 3.63) is 105 Å². The molecule has 0 unspecified atom stereocenters. The van der Waals surface area contributed by atoms with Gasteiger partial charge in [0, 0.05) is 23.1 Å². The number of hydrogen-bond donors (Lipinski definition) is 1. The van der Waals surface area contributed by atoms with Crippen LogP contribution in [0.2, 0.25) is 0 Å². The van der Waals surface area contributed by atoms with E-state index in [-0.39, 0.29) is 29.0 Å². The van der Waals surface area contributed by atoms with Crippen LogP contribution in [-0.4, -0.2) is 21.2 Å². The molecule has 0 fully saturated rings. The zero-order valence-corrected chi connectivity index (χ0v) is 18.5. The number of nitrogens with zero attached hydrogens (tertiary/aromatic N) is 2. The number of carbonyl (C=O) groups excluding carboxylic acids is 2. The van der Waals surface area contributed by atoms with Gasteiger partial charge in [0.1, 0.15) is 18.0 Å². The molecule has 0 atom stereocenters. The molecule has 33 heavy (non-hydrogen) atoms. The molecular formula is C26H22FN3O3.